The maximum Gasteiger partial charge on any atom is 0.409 e. The smallest absolute Gasteiger partial charge is 0.409 e. The van der Waals surface area contributed by atoms with Crippen molar-refractivity contribution in [2.75, 3.05) is 26.7 Å². The second kappa shape index (κ2) is 2.61. The summed E-state index contributed by atoms with van der Waals surface area (Å²) in [7, 11) is 1.35. The molecule has 5 nitrogen and oxygen atoms in total. The lowest BCUT2D eigenvalue weighted by atomic mass is 9.79. The van der Waals surface area contributed by atoms with Gasteiger partial charge in [-0.15, -0.1) is 0 Å². The molecule has 72 valence electrons. The van der Waals surface area contributed by atoms with E-state index in [0.717, 1.165) is 13.0 Å². The lowest BCUT2D eigenvalue weighted by Crippen LogP contribution is -2.61. The Bertz CT molecular complexity index is 258. The molecule has 0 aromatic carbocycles. The van der Waals surface area contributed by atoms with Gasteiger partial charge in [-0.05, 0) is 6.42 Å². The zero-order chi connectivity index (χ0) is 9.47. The van der Waals surface area contributed by atoms with Crippen LogP contribution in [-0.2, 0) is 9.53 Å². The van der Waals surface area contributed by atoms with Crippen LogP contribution in [0.4, 0.5) is 4.79 Å². The fourth-order valence-electron chi connectivity index (χ4n) is 1.96. The Morgan fingerprint density at radius 2 is 2.31 bits per heavy atom. The van der Waals surface area contributed by atoms with Crippen LogP contribution in [0.2, 0.25) is 0 Å². The third-order valence-corrected chi connectivity index (χ3v) is 2.79. The Morgan fingerprint density at radius 1 is 1.62 bits per heavy atom. The molecule has 1 N–H and O–H groups in total. The summed E-state index contributed by atoms with van der Waals surface area (Å²) < 4.78 is 4.55. The molecule has 2 amide bonds. The van der Waals surface area contributed by atoms with E-state index in [1.165, 1.54) is 7.11 Å². The Balaban J connectivity index is 1.96. The van der Waals surface area contributed by atoms with E-state index in [1.807, 2.05) is 0 Å². The summed E-state index contributed by atoms with van der Waals surface area (Å²) in [6.07, 6.45) is 0.490. The van der Waals surface area contributed by atoms with Crippen molar-refractivity contribution in [1.29, 1.82) is 0 Å². The summed E-state index contributed by atoms with van der Waals surface area (Å²) in [5.74, 6) is 0.0765. The third-order valence-electron chi connectivity index (χ3n) is 2.79. The zero-order valence-corrected chi connectivity index (χ0v) is 7.50. The van der Waals surface area contributed by atoms with E-state index in [9.17, 15) is 9.59 Å². The van der Waals surface area contributed by atoms with E-state index in [1.54, 1.807) is 4.90 Å². The van der Waals surface area contributed by atoms with Gasteiger partial charge in [0.05, 0.1) is 12.5 Å². The lowest BCUT2D eigenvalue weighted by molar-refractivity contribution is -0.135. The maximum atomic E-state index is 11.3. The number of rotatable bonds is 0. The van der Waals surface area contributed by atoms with Crippen molar-refractivity contribution in [3.8, 4) is 0 Å². The summed E-state index contributed by atoms with van der Waals surface area (Å²) >= 11 is 0. The molecule has 2 aliphatic heterocycles. The standard InChI is InChI=1S/C8H12N2O3/c1-13-7(12)10-4-8(5-10)2-3-9-6(8)11/h2-5H2,1H3,(H,9,11). The largest absolute Gasteiger partial charge is 0.453 e. The van der Waals surface area contributed by atoms with Gasteiger partial charge in [-0.1, -0.05) is 0 Å². The zero-order valence-electron chi connectivity index (χ0n) is 7.50. The topological polar surface area (TPSA) is 58.6 Å². The van der Waals surface area contributed by atoms with Gasteiger partial charge in [-0.2, -0.15) is 0 Å². The Morgan fingerprint density at radius 3 is 2.77 bits per heavy atom. The van der Waals surface area contributed by atoms with E-state index in [2.05, 4.69) is 10.1 Å². The SMILES string of the molecule is COC(=O)N1CC2(CCNC2=O)C1. The number of methoxy groups -OCH3 is 1. The average molecular weight is 184 g/mol. The number of nitrogens with one attached hydrogen (secondary N) is 1. The maximum absolute atomic E-state index is 11.3. The molecule has 13 heavy (non-hydrogen) atoms. The number of nitrogens with zero attached hydrogens (tertiary/aromatic N) is 1. The van der Waals surface area contributed by atoms with Crippen molar-refractivity contribution >= 4 is 12.0 Å². The minimum Gasteiger partial charge on any atom is -0.453 e. The number of ether oxygens (including phenoxy) is 1. The van der Waals surface area contributed by atoms with Crippen LogP contribution in [0.5, 0.6) is 0 Å². The molecule has 0 radical (unpaired) electrons. The van der Waals surface area contributed by atoms with Crippen molar-refractivity contribution in [3.05, 3.63) is 0 Å². The second-order valence-electron chi connectivity index (χ2n) is 3.61. The number of likely N-dealkylation sites (tertiary alicyclic amines) is 1. The monoisotopic (exact) mass is 184 g/mol. The first kappa shape index (κ1) is 8.34. The molecule has 1 spiro atoms. The van der Waals surface area contributed by atoms with Crippen LogP contribution < -0.4 is 5.32 Å². The summed E-state index contributed by atoms with van der Waals surface area (Å²) in [6, 6.07) is 0. The van der Waals surface area contributed by atoms with E-state index in [0.29, 0.717) is 13.1 Å². The highest BCUT2D eigenvalue weighted by Crippen LogP contribution is 2.37. The van der Waals surface area contributed by atoms with Gasteiger partial charge in [0.15, 0.2) is 0 Å². The van der Waals surface area contributed by atoms with E-state index in [4.69, 9.17) is 0 Å². The lowest BCUT2D eigenvalue weighted by Gasteiger charge is -2.44. The Hall–Kier alpha value is -1.26. The fourth-order valence-corrected chi connectivity index (χ4v) is 1.96. The van der Waals surface area contributed by atoms with Crippen LogP contribution in [0.25, 0.3) is 0 Å². The van der Waals surface area contributed by atoms with Crippen LogP contribution in [0, 0.1) is 5.41 Å². The van der Waals surface area contributed by atoms with Gasteiger partial charge in [-0.3, -0.25) is 4.79 Å². The fraction of sp³-hybridized carbons (Fsp3) is 0.750. The van der Waals surface area contributed by atoms with Gasteiger partial charge in [0.25, 0.3) is 0 Å². The van der Waals surface area contributed by atoms with Gasteiger partial charge >= 0.3 is 6.09 Å². The molecule has 2 saturated heterocycles. The van der Waals surface area contributed by atoms with Gasteiger partial charge in [0, 0.05) is 19.6 Å². The molecule has 0 unspecified atom stereocenters. The van der Waals surface area contributed by atoms with Crippen molar-refractivity contribution in [2.45, 2.75) is 6.42 Å². The van der Waals surface area contributed by atoms with Gasteiger partial charge < -0.3 is 15.0 Å². The number of hydrogen-bond acceptors (Lipinski definition) is 3. The molecule has 0 aromatic heterocycles. The summed E-state index contributed by atoms with van der Waals surface area (Å²) in [6.45, 7) is 1.74. The van der Waals surface area contributed by atoms with E-state index < -0.39 is 0 Å². The summed E-state index contributed by atoms with van der Waals surface area (Å²) in [5, 5.41) is 2.77. The van der Waals surface area contributed by atoms with Crippen LogP contribution >= 0.6 is 0 Å². The van der Waals surface area contributed by atoms with E-state index >= 15 is 0 Å². The first-order valence-electron chi connectivity index (χ1n) is 4.29. The second-order valence-corrected chi connectivity index (χ2v) is 3.61. The predicted octanol–water partition coefficient (Wildman–Crippen LogP) is -0.425. The van der Waals surface area contributed by atoms with Crippen LogP contribution in [0.3, 0.4) is 0 Å². The molecule has 2 aliphatic rings. The molecule has 5 heteroatoms. The average Bonchev–Trinajstić information content (AvgIpc) is 2.43. The molecule has 2 fully saturated rings. The van der Waals surface area contributed by atoms with Gasteiger partial charge in [0.1, 0.15) is 0 Å². The van der Waals surface area contributed by atoms with Crippen molar-refractivity contribution in [1.82, 2.24) is 10.2 Å². The predicted molar refractivity (Wildman–Crippen MR) is 44.0 cm³/mol. The minimum atomic E-state index is -0.342. The summed E-state index contributed by atoms with van der Waals surface area (Å²) in [4.78, 5) is 23.9. The highest BCUT2D eigenvalue weighted by Gasteiger charge is 2.53. The number of carbonyl (C=O) groups is 2. The Labute approximate surface area is 76.0 Å². The van der Waals surface area contributed by atoms with Gasteiger partial charge in [-0.25, -0.2) is 4.79 Å². The number of amides is 2. The molecule has 2 heterocycles. The Kier molecular flexibility index (Phi) is 1.68. The van der Waals surface area contributed by atoms with Crippen molar-refractivity contribution in [3.63, 3.8) is 0 Å². The number of hydrogen-bond donors (Lipinski definition) is 1. The molecule has 0 aromatic rings. The molecular formula is C8H12N2O3. The highest BCUT2D eigenvalue weighted by atomic mass is 16.5. The first-order chi connectivity index (χ1) is 6.18. The highest BCUT2D eigenvalue weighted by molar-refractivity contribution is 5.88. The number of carbonyl (C=O) groups excluding carboxylic acids is 2. The molecule has 0 aliphatic carbocycles. The third kappa shape index (κ3) is 1.07. The van der Waals surface area contributed by atoms with Crippen molar-refractivity contribution in [2.24, 2.45) is 5.41 Å². The van der Waals surface area contributed by atoms with Gasteiger partial charge in [0.2, 0.25) is 5.91 Å². The normalized spacial score (nSPS) is 24.1. The quantitative estimate of drug-likeness (QED) is 0.556. The van der Waals surface area contributed by atoms with E-state index in [-0.39, 0.29) is 17.4 Å². The first-order valence-corrected chi connectivity index (χ1v) is 4.29. The molecule has 2 rings (SSSR count). The van der Waals surface area contributed by atoms with Crippen LogP contribution in [0.1, 0.15) is 6.42 Å². The molecule has 0 atom stereocenters. The van der Waals surface area contributed by atoms with Crippen LogP contribution in [0.15, 0.2) is 0 Å². The van der Waals surface area contributed by atoms with Crippen LogP contribution in [-0.4, -0.2) is 43.6 Å². The molecular weight excluding hydrogens is 172 g/mol. The summed E-state index contributed by atoms with van der Waals surface area (Å²) in [5.41, 5.74) is -0.297. The molecule has 0 saturated carbocycles. The van der Waals surface area contributed by atoms with Crippen molar-refractivity contribution < 1.29 is 14.3 Å². The minimum absolute atomic E-state index is 0.0765. The molecule has 0 bridgehead atoms.